The Morgan fingerprint density at radius 3 is 2.06 bits per heavy atom. The molecule has 3 aromatic rings. The Hall–Kier alpha value is -3.27. The summed E-state index contributed by atoms with van der Waals surface area (Å²) in [5.41, 5.74) is 1.67. The van der Waals surface area contributed by atoms with Gasteiger partial charge in [-0.15, -0.1) is 0 Å². The Morgan fingerprint density at radius 1 is 0.886 bits per heavy atom. The van der Waals surface area contributed by atoms with Crippen molar-refractivity contribution >= 4 is 15.9 Å². The van der Waals surface area contributed by atoms with Crippen molar-refractivity contribution in [2.75, 3.05) is 39.3 Å². The van der Waals surface area contributed by atoms with E-state index in [-0.39, 0.29) is 10.8 Å². The summed E-state index contributed by atoms with van der Waals surface area (Å²) in [5, 5.41) is 3.05. The predicted octanol–water partition coefficient (Wildman–Crippen LogP) is 3.19. The van der Waals surface area contributed by atoms with Crippen LogP contribution in [0.15, 0.2) is 77.7 Å². The van der Waals surface area contributed by atoms with Crippen LogP contribution in [0, 0.1) is 5.82 Å². The monoisotopic (exact) mass is 495 g/mol. The highest BCUT2D eigenvalue weighted by molar-refractivity contribution is 7.89. The molecule has 35 heavy (non-hydrogen) atoms. The molecule has 1 saturated heterocycles. The highest BCUT2D eigenvalue weighted by atomic mass is 32.2. The van der Waals surface area contributed by atoms with Gasteiger partial charge < -0.3 is 10.1 Å². The molecule has 0 saturated carbocycles. The van der Waals surface area contributed by atoms with E-state index in [9.17, 15) is 17.6 Å². The van der Waals surface area contributed by atoms with Crippen LogP contribution in [0.3, 0.4) is 0 Å². The number of carbonyl (C=O) groups excluding carboxylic acids is 1. The number of halogens is 1. The van der Waals surface area contributed by atoms with E-state index in [0.29, 0.717) is 50.8 Å². The van der Waals surface area contributed by atoms with Crippen LogP contribution in [0.4, 0.5) is 4.39 Å². The quantitative estimate of drug-likeness (QED) is 0.568. The molecule has 2 aliphatic rings. The minimum atomic E-state index is -3.65. The van der Waals surface area contributed by atoms with Gasteiger partial charge in [-0.1, -0.05) is 36.4 Å². The minimum Gasteiger partial charge on any atom is -0.457 e. The lowest BCUT2D eigenvalue weighted by molar-refractivity contribution is -0.121. The van der Waals surface area contributed by atoms with Crippen molar-refractivity contribution in [3.8, 4) is 11.5 Å². The summed E-state index contributed by atoms with van der Waals surface area (Å²) in [7, 11) is -3.65. The van der Waals surface area contributed by atoms with E-state index in [4.69, 9.17) is 4.74 Å². The molecular weight excluding hydrogens is 469 g/mol. The summed E-state index contributed by atoms with van der Waals surface area (Å²) in [6.45, 7) is 2.86. The second-order valence-electron chi connectivity index (χ2n) is 8.60. The summed E-state index contributed by atoms with van der Waals surface area (Å²) in [4.78, 5) is 15.5. The van der Waals surface area contributed by atoms with Crippen LogP contribution in [-0.4, -0.2) is 62.8 Å². The zero-order valence-electron chi connectivity index (χ0n) is 19.1. The molecule has 0 bridgehead atoms. The second kappa shape index (κ2) is 9.77. The number of benzene rings is 3. The Bertz CT molecular complexity index is 1280. The van der Waals surface area contributed by atoms with E-state index < -0.39 is 21.8 Å². The Kier molecular flexibility index (Phi) is 6.55. The number of carbonyl (C=O) groups is 1. The smallest absolute Gasteiger partial charge is 0.243 e. The second-order valence-corrected chi connectivity index (χ2v) is 10.5. The largest absolute Gasteiger partial charge is 0.457 e. The van der Waals surface area contributed by atoms with Crippen molar-refractivity contribution in [1.82, 2.24) is 14.5 Å². The van der Waals surface area contributed by atoms with Crippen LogP contribution >= 0.6 is 0 Å². The lowest BCUT2D eigenvalue weighted by atomic mass is 9.87. The van der Waals surface area contributed by atoms with Crippen LogP contribution in [0.25, 0.3) is 0 Å². The van der Waals surface area contributed by atoms with Crippen LogP contribution in [0.2, 0.25) is 0 Å². The van der Waals surface area contributed by atoms with Gasteiger partial charge in [-0.25, -0.2) is 12.8 Å². The number of fused-ring (bicyclic) bond motifs is 2. The average Bonchev–Trinajstić information content (AvgIpc) is 2.87. The van der Waals surface area contributed by atoms with Crippen LogP contribution in [0.1, 0.15) is 17.0 Å². The number of rotatable bonds is 6. The fraction of sp³-hybridized carbons (Fsp3) is 0.269. The van der Waals surface area contributed by atoms with E-state index in [2.05, 4.69) is 10.2 Å². The lowest BCUT2D eigenvalue weighted by Crippen LogP contribution is -2.50. The normalized spacial score (nSPS) is 16.7. The maximum atomic E-state index is 13.2. The molecule has 2 aliphatic heterocycles. The first kappa shape index (κ1) is 23.5. The molecule has 1 amide bonds. The molecule has 0 radical (unpaired) electrons. The molecule has 7 nitrogen and oxygen atoms in total. The first-order valence-corrected chi connectivity index (χ1v) is 13.0. The van der Waals surface area contributed by atoms with Crippen LogP contribution in [-0.2, 0) is 14.8 Å². The zero-order chi connectivity index (χ0) is 24.4. The molecule has 0 aliphatic carbocycles. The summed E-state index contributed by atoms with van der Waals surface area (Å²) < 4.78 is 46.2. The highest BCUT2D eigenvalue weighted by Crippen LogP contribution is 2.43. The fourth-order valence-corrected chi connectivity index (χ4v) is 6.00. The summed E-state index contributed by atoms with van der Waals surface area (Å²) in [6.07, 6.45) is 0. The molecule has 0 unspecified atom stereocenters. The van der Waals surface area contributed by atoms with Gasteiger partial charge in [-0.3, -0.25) is 9.69 Å². The Balaban J connectivity index is 1.17. The number of nitrogens with one attached hydrogen (secondary N) is 1. The Labute approximate surface area is 204 Å². The highest BCUT2D eigenvalue weighted by Gasteiger charge is 2.32. The Morgan fingerprint density at radius 2 is 1.46 bits per heavy atom. The van der Waals surface area contributed by atoms with Crippen LogP contribution in [0.5, 0.6) is 11.5 Å². The van der Waals surface area contributed by atoms with Gasteiger partial charge in [0.1, 0.15) is 17.3 Å². The van der Waals surface area contributed by atoms with E-state index in [0.717, 1.165) is 23.3 Å². The zero-order valence-corrected chi connectivity index (χ0v) is 19.9. The van der Waals surface area contributed by atoms with Gasteiger partial charge in [-0.05, 0) is 36.4 Å². The van der Waals surface area contributed by atoms with Crippen molar-refractivity contribution < 1.29 is 22.3 Å². The van der Waals surface area contributed by atoms with Gasteiger partial charge in [0.25, 0.3) is 0 Å². The maximum Gasteiger partial charge on any atom is 0.243 e. The molecular formula is C26H26FN3O4S. The van der Waals surface area contributed by atoms with Gasteiger partial charge in [-0.2, -0.15) is 4.31 Å². The number of hydrogen-bond donors (Lipinski definition) is 1. The predicted molar refractivity (Wildman–Crippen MR) is 129 cm³/mol. The number of piperazine rings is 1. The third-order valence-corrected chi connectivity index (χ3v) is 8.36. The van der Waals surface area contributed by atoms with E-state index >= 15 is 0 Å². The topological polar surface area (TPSA) is 79.0 Å². The fourth-order valence-electron chi connectivity index (χ4n) is 4.58. The number of nitrogens with zero attached hydrogens (tertiary/aromatic N) is 2. The molecule has 9 heteroatoms. The summed E-state index contributed by atoms with van der Waals surface area (Å²) >= 11 is 0. The van der Waals surface area contributed by atoms with Crippen molar-refractivity contribution in [3.63, 3.8) is 0 Å². The van der Waals surface area contributed by atoms with Gasteiger partial charge in [0.2, 0.25) is 15.9 Å². The van der Waals surface area contributed by atoms with Crippen molar-refractivity contribution in [2.45, 2.75) is 10.8 Å². The lowest BCUT2D eigenvalue weighted by Gasteiger charge is -2.34. The number of sulfonamides is 1. The molecule has 1 fully saturated rings. The first-order chi connectivity index (χ1) is 16.9. The number of amides is 1. The molecule has 1 N–H and O–H groups in total. The first-order valence-electron chi connectivity index (χ1n) is 11.5. The molecule has 182 valence electrons. The molecule has 0 atom stereocenters. The van der Waals surface area contributed by atoms with Gasteiger partial charge in [0.15, 0.2) is 0 Å². The standard InChI is InChI=1S/C26H26FN3O4S/c27-19-9-11-20(12-10-19)35(32,33)30-17-15-29(16-18-30)14-13-28-26(31)25-21-5-1-3-7-23(21)34-24-8-4-2-6-22(24)25/h1-12,25H,13-18H2,(H,28,31). The average molecular weight is 496 g/mol. The molecule has 5 rings (SSSR count). The van der Waals surface area contributed by atoms with Gasteiger partial charge in [0.05, 0.1) is 10.8 Å². The van der Waals surface area contributed by atoms with Gasteiger partial charge >= 0.3 is 0 Å². The third-order valence-electron chi connectivity index (χ3n) is 6.45. The van der Waals surface area contributed by atoms with Crippen molar-refractivity contribution in [1.29, 1.82) is 0 Å². The number of hydrogen-bond acceptors (Lipinski definition) is 5. The van der Waals surface area contributed by atoms with E-state index in [1.807, 2.05) is 48.5 Å². The number of ether oxygens (including phenoxy) is 1. The molecule has 3 aromatic carbocycles. The van der Waals surface area contributed by atoms with E-state index in [1.54, 1.807) is 0 Å². The molecule has 0 spiro atoms. The van der Waals surface area contributed by atoms with Crippen LogP contribution < -0.4 is 10.1 Å². The number of para-hydroxylation sites is 2. The molecule has 2 heterocycles. The minimum absolute atomic E-state index is 0.0919. The molecule has 0 aromatic heterocycles. The maximum absolute atomic E-state index is 13.2. The van der Waals surface area contributed by atoms with Crippen molar-refractivity contribution in [3.05, 3.63) is 89.7 Å². The summed E-state index contributed by atoms with van der Waals surface area (Å²) in [6, 6.07) is 20.0. The van der Waals surface area contributed by atoms with E-state index in [1.165, 1.54) is 16.4 Å². The van der Waals surface area contributed by atoms with Gasteiger partial charge in [0, 0.05) is 50.4 Å². The summed E-state index contributed by atoms with van der Waals surface area (Å²) in [5.74, 6) is 0.359. The van der Waals surface area contributed by atoms with Crippen molar-refractivity contribution in [2.24, 2.45) is 0 Å². The third kappa shape index (κ3) is 4.80. The SMILES string of the molecule is O=C(NCCN1CCN(S(=O)(=O)c2ccc(F)cc2)CC1)C1c2ccccc2Oc2ccccc21.